The Hall–Kier alpha value is -2.78. The topological polar surface area (TPSA) is 90.4 Å². The van der Waals surface area contributed by atoms with Crippen molar-refractivity contribution in [3.8, 4) is 17.2 Å². The molecule has 1 aliphatic heterocycles. The van der Waals surface area contributed by atoms with Gasteiger partial charge in [0.25, 0.3) is 0 Å². The summed E-state index contributed by atoms with van der Waals surface area (Å²) in [6, 6.07) is 3.00. The maximum absolute atomic E-state index is 12.7. The van der Waals surface area contributed by atoms with Gasteiger partial charge in [-0.1, -0.05) is 12.8 Å². The summed E-state index contributed by atoms with van der Waals surface area (Å²) in [5, 5.41) is 6.34. The van der Waals surface area contributed by atoms with Gasteiger partial charge in [0.15, 0.2) is 17.5 Å². The van der Waals surface area contributed by atoms with Crippen LogP contribution in [0.2, 0.25) is 0 Å². The first-order valence-electron chi connectivity index (χ1n) is 9.99. The lowest BCUT2D eigenvalue weighted by atomic mass is 10.1. The summed E-state index contributed by atoms with van der Waals surface area (Å²) in [7, 11) is 1.39. The van der Waals surface area contributed by atoms with Crippen molar-refractivity contribution in [2.24, 2.45) is 4.99 Å². The van der Waals surface area contributed by atoms with E-state index in [9.17, 15) is 13.6 Å². The first kappa shape index (κ1) is 23.5. The number of unbranched alkanes of at least 4 members (excludes halogenated alkanes) is 3. The van der Waals surface area contributed by atoms with Crippen LogP contribution in [0.3, 0.4) is 0 Å². The summed E-state index contributed by atoms with van der Waals surface area (Å²) in [6.07, 6.45) is 4.06. The zero-order chi connectivity index (χ0) is 21.8. The van der Waals surface area contributed by atoms with Gasteiger partial charge in [-0.25, -0.2) is 4.99 Å². The fourth-order valence-electron chi connectivity index (χ4n) is 2.86. The Bertz CT molecular complexity index is 716. The van der Waals surface area contributed by atoms with Crippen molar-refractivity contribution >= 4 is 11.9 Å². The number of benzene rings is 1. The normalized spacial score (nSPS) is 12.8. The van der Waals surface area contributed by atoms with Gasteiger partial charge in [-0.3, -0.25) is 4.79 Å². The minimum Gasteiger partial charge on any atom is -0.469 e. The fraction of sp³-hybridized carbons (Fsp3) is 0.600. The van der Waals surface area contributed by atoms with E-state index in [-0.39, 0.29) is 25.1 Å². The molecule has 1 aromatic rings. The van der Waals surface area contributed by atoms with Crippen LogP contribution in [-0.2, 0) is 16.1 Å². The molecule has 0 saturated carbocycles. The number of fused-ring (bicyclic) bond motifs is 1. The van der Waals surface area contributed by atoms with Crippen LogP contribution < -0.4 is 24.8 Å². The number of nitrogens with zero attached hydrogens (tertiary/aromatic N) is 1. The van der Waals surface area contributed by atoms with Crippen LogP contribution in [0.4, 0.5) is 8.78 Å². The molecule has 0 radical (unpaired) electrons. The van der Waals surface area contributed by atoms with Crippen LogP contribution in [0.1, 0.15) is 44.6 Å². The van der Waals surface area contributed by atoms with E-state index in [2.05, 4.69) is 25.1 Å². The van der Waals surface area contributed by atoms with Crippen LogP contribution >= 0.6 is 0 Å². The Balaban J connectivity index is 1.87. The van der Waals surface area contributed by atoms with Crippen molar-refractivity contribution in [2.45, 2.75) is 52.2 Å². The van der Waals surface area contributed by atoms with E-state index in [1.54, 1.807) is 6.07 Å². The molecule has 1 aromatic carbocycles. The van der Waals surface area contributed by atoms with Crippen LogP contribution in [0.25, 0.3) is 0 Å². The SMILES string of the molecule is CCNC(=NCc1cc2c(cc1OC(F)F)OCO2)NCCCCCCC(=O)OC. The lowest BCUT2D eigenvalue weighted by molar-refractivity contribution is -0.140. The zero-order valence-corrected chi connectivity index (χ0v) is 17.3. The third-order valence-corrected chi connectivity index (χ3v) is 4.35. The van der Waals surface area contributed by atoms with Gasteiger partial charge in [0, 0.05) is 31.1 Å². The second kappa shape index (κ2) is 12.7. The molecule has 0 spiro atoms. The van der Waals surface area contributed by atoms with Crippen molar-refractivity contribution in [2.75, 3.05) is 27.0 Å². The van der Waals surface area contributed by atoms with Gasteiger partial charge in [0.2, 0.25) is 6.79 Å². The maximum Gasteiger partial charge on any atom is 0.387 e. The Kier molecular flexibility index (Phi) is 9.96. The number of ether oxygens (including phenoxy) is 4. The van der Waals surface area contributed by atoms with Gasteiger partial charge in [-0.05, 0) is 25.8 Å². The van der Waals surface area contributed by atoms with Gasteiger partial charge in [0.1, 0.15) is 5.75 Å². The van der Waals surface area contributed by atoms with E-state index in [0.29, 0.717) is 42.5 Å². The second-order valence-electron chi connectivity index (χ2n) is 6.55. The number of nitrogens with one attached hydrogen (secondary N) is 2. The van der Waals surface area contributed by atoms with E-state index in [0.717, 1.165) is 25.7 Å². The summed E-state index contributed by atoms with van der Waals surface area (Å²) in [5.41, 5.74) is 0.472. The molecule has 8 nitrogen and oxygen atoms in total. The molecule has 0 amide bonds. The summed E-state index contributed by atoms with van der Waals surface area (Å²) in [6.45, 7) is 0.528. The molecule has 1 heterocycles. The number of esters is 1. The molecule has 1 aliphatic rings. The molecule has 0 unspecified atom stereocenters. The Morgan fingerprint density at radius 2 is 1.90 bits per heavy atom. The molecule has 168 valence electrons. The molecule has 0 aromatic heterocycles. The van der Waals surface area contributed by atoms with Gasteiger partial charge in [0.05, 0.1) is 13.7 Å². The number of hydrogen-bond acceptors (Lipinski definition) is 6. The zero-order valence-electron chi connectivity index (χ0n) is 17.3. The fourth-order valence-corrected chi connectivity index (χ4v) is 2.86. The van der Waals surface area contributed by atoms with Crippen molar-refractivity contribution in [1.82, 2.24) is 10.6 Å². The summed E-state index contributed by atoms with van der Waals surface area (Å²) >= 11 is 0. The Morgan fingerprint density at radius 1 is 1.17 bits per heavy atom. The van der Waals surface area contributed by atoms with E-state index in [4.69, 9.17) is 9.47 Å². The molecule has 10 heteroatoms. The Morgan fingerprint density at radius 3 is 2.60 bits per heavy atom. The van der Waals surface area contributed by atoms with Crippen LogP contribution in [0, 0.1) is 0 Å². The summed E-state index contributed by atoms with van der Waals surface area (Å²) < 4.78 is 45.3. The summed E-state index contributed by atoms with van der Waals surface area (Å²) in [4.78, 5) is 15.5. The lowest BCUT2D eigenvalue weighted by Crippen LogP contribution is -2.37. The number of carbonyl (C=O) groups is 1. The standard InChI is InChI=1S/C20H29F2N3O5/c1-3-23-20(24-9-7-5-4-6-8-18(26)27-2)25-12-14-10-16-17(29-13-28-16)11-15(14)30-19(21)22/h10-11,19H,3-9,12-13H2,1-2H3,(H2,23,24,25). The third-order valence-electron chi connectivity index (χ3n) is 4.35. The number of aliphatic imine (C=N–C) groups is 1. The molecule has 0 fully saturated rings. The molecular weight excluding hydrogens is 400 g/mol. The number of guanidine groups is 1. The van der Waals surface area contributed by atoms with Gasteiger partial charge >= 0.3 is 12.6 Å². The number of hydrogen-bond donors (Lipinski definition) is 2. The smallest absolute Gasteiger partial charge is 0.387 e. The number of halogens is 2. The number of rotatable bonds is 12. The average Bonchev–Trinajstić information content (AvgIpc) is 3.17. The number of carbonyl (C=O) groups excluding carboxylic acids is 1. The Labute approximate surface area is 174 Å². The molecule has 2 N–H and O–H groups in total. The molecule has 0 bridgehead atoms. The molecule has 0 atom stereocenters. The predicted molar refractivity (Wildman–Crippen MR) is 107 cm³/mol. The third kappa shape index (κ3) is 7.92. The quantitative estimate of drug-likeness (QED) is 0.228. The van der Waals surface area contributed by atoms with Crippen LogP contribution in [-0.4, -0.2) is 45.5 Å². The monoisotopic (exact) mass is 429 g/mol. The van der Waals surface area contributed by atoms with E-state index in [1.807, 2.05) is 6.92 Å². The molecule has 0 saturated heterocycles. The highest BCUT2D eigenvalue weighted by atomic mass is 19.3. The van der Waals surface area contributed by atoms with Gasteiger partial charge in [-0.2, -0.15) is 8.78 Å². The van der Waals surface area contributed by atoms with Crippen molar-refractivity contribution in [3.63, 3.8) is 0 Å². The number of methoxy groups -OCH3 is 1. The van der Waals surface area contributed by atoms with Crippen molar-refractivity contribution < 1.29 is 32.5 Å². The van der Waals surface area contributed by atoms with Gasteiger partial charge < -0.3 is 29.6 Å². The predicted octanol–water partition coefficient (Wildman–Crippen LogP) is 3.20. The molecule has 0 aliphatic carbocycles. The largest absolute Gasteiger partial charge is 0.469 e. The highest BCUT2D eigenvalue weighted by molar-refractivity contribution is 5.79. The minimum absolute atomic E-state index is 0.0134. The maximum atomic E-state index is 12.7. The van der Waals surface area contributed by atoms with E-state index in [1.165, 1.54) is 13.2 Å². The minimum atomic E-state index is -2.95. The van der Waals surface area contributed by atoms with Crippen molar-refractivity contribution in [3.05, 3.63) is 17.7 Å². The second-order valence-corrected chi connectivity index (χ2v) is 6.55. The molecule has 2 rings (SSSR count). The first-order chi connectivity index (χ1) is 14.5. The van der Waals surface area contributed by atoms with Gasteiger partial charge in [-0.15, -0.1) is 0 Å². The highest BCUT2D eigenvalue weighted by Crippen LogP contribution is 2.39. The van der Waals surface area contributed by atoms with Crippen molar-refractivity contribution in [1.29, 1.82) is 0 Å². The number of alkyl halides is 2. The average molecular weight is 429 g/mol. The molecular formula is C20H29F2N3O5. The first-order valence-corrected chi connectivity index (χ1v) is 9.99. The van der Waals surface area contributed by atoms with E-state index < -0.39 is 6.61 Å². The summed E-state index contributed by atoms with van der Waals surface area (Å²) in [5.74, 6) is 1.25. The lowest BCUT2D eigenvalue weighted by Gasteiger charge is -2.13. The highest BCUT2D eigenvalue weighted by Gasteiger charge is 2.20. The van der Waals surface area contributed by atoms with E-state index >= 15 is 0 Å². The van der Waals surface area contributed by atoms with Crippen LogP contribution in [0.5, 0.6) is 17.2 Å². The molecule has 30 heavy (non-hydrogen) atoms. The van der Waals surface area contributed by atoms with Crippen LogP contribution in [0.15, 0.2) is 17.1 Å².